The minimum absolute atomic E-state index is 0.0621. The van der Waals surface area contributed by atoms with Gasteiger partial charge in [0.1, 0.15) is 0 Å². The lowest BCUT2D eigenvalue weighted by atomic mass is 10.1. The van der Waals surface area contributed by atoms with Crippen molar-refractivity contribution in [3.05, 3.63) is 47.3 Å². The first kappa shape index (κ1) is 18.4. The van der Waals surface area contributed by atoms with Gasteiger partial charge >= 0.3 is 6.18 Å². The molecule has 1 aliphatic heterocycles. The maximum absolute atomic E-state index is 13.6. The molecule has 140 valence electrons. The second kappa shape index (κ2) is 7.49. The quantitative estimate of drug-likeness (QED) is 0.880. The number of nitrogens with zero attached hydrogens (tertiary/aromatic N) is 2. The van der Waals surface area contributed by atoms with Crippen LogP contribution in [0.5, 0.6) is 0 Å². The molecular weight excluding hydrogens is 347 g/mol. The molecule has 0 bridgehead atoms. The Balaban J connectivity index is 1.83. The molecule has 1 saturated heterocycles. The molecule has 0 saturated carbocycles. The summed E-state index contributed by atoms with van der Waals surface area (Å²) in [5, 5.41) is 6.38. The Labute approximate surface area is 149 Å². The highest BCUT2D eigenvalue weighted by Crippen LogP contribution is 2.34. The van der Waals surface area contributed by atoms with Crippen molar-refractivity contribution in [2.75, 3.05) is 13.2 Å². The maximum Gasteiger partial charge on any atom is 0.434 e. The second-order valence-corrected chi connectivity index (χ2v) is 6.28. The van der Waals surface area contributed by atoms with Crippen molar-refractivity contribution in [2.45, 2.75) is 38.5 Å². The van der Waals surface area contributed by atoms with Crippen molar-refractivity contribution in [1.82, 2.24) is 15.1 Å². The highest BCUT2D eigenvalue weighted by atomic mass is 19.4. The van der Waals surface area contributed by atoms with Gasteiger partial charge in [-0.1, -0.05) is 18.2 Å². The summed E-state index contributed by atoms with van der Waals surface area (Å²) in [6.07, 6.45) is -1.21. The number of benzene rings is 1. The number of halogens is 3. The zero-order valence-electron chi connectivity index (χ0n) is 14.3. The summed E-state index contributed by atoms with van der Waals surface area (Å²) >= 11 is 0. The zero-order chi connectivity index (χ0) is 18.7. The van der Waals surface area contributed by atoms with Crippen LogP contribution in [0.1, 0.15) is 40.9 Å². The predicted octanol–water partition coefficient (Wildman–Crippen LogP) is 3.50. The first-order valence-electron chi connectivity index (χ1n) is 8.49. The number of carbonyl (C=O) groups is 1. The number of amides is 1. The highest BCUT2D eigenvalue weighted by Gasteiger charge is 2.40. The number of rotatable bonds is 5. The van der Waals surface area contributed by atoms with Crippen LogP contribution in [0.25, 0.3) is 5.69 Å². The third-order valence-electron chi connectivity index (χ3n) is 4.40. The molecule has 1 amide bonds. The van der Waals surface area contributed by atoms with Crippen LogP contribution in [-0.4, -0.2) is 34.9 Å². The number of carbonyl (C=O) groups excluding carboxylic acids is 1. The molecule has 3 rings (SSSR count). The van der Waals surface area contributed by atoms with Crippen molar-refractivity contribution >= 4 is 5.91 Å². The van der Waals surface area contributed by atoms with Crippen molar-refractivity contribution in [3.8, 4) is 5.69 Å². The molecule has 1 aromatic carbocycles. The van der Waals surface area contributed by atoms with E-state index in [9.17, 15) is 18.0 Å². The molecule has 1 atom stereocenters. The van der Waals surface area contributed by atoms with Gasteiger partial charge in [-0.25, -0.2) is 4.68 Å². The number of hydrogen-bond donors (Lipinski definition) is 1. The molecule has 5 nitrogen and oxygen atoms in total. The van der Waals surface area contributed by atoms with Crippen molar-refractivity contribution in [2.24, 2.45) is 0 Å². The van der Waals surface area contributed by atoms with E-state index in [4.69, 9.17) is 4.74 Å². The first-order chi connectivity index (χ1) is 12.4. The summed E-state index contributed by atoms with van der Waals surface area (Å²) in [7, 11) is 0. The van der Waals surface area contributed by atoms with E-state index in [0.717, 1.165) is 23.7 Å². The number of aromatic nitrogens is 2. The lowest BCUT2D eigenvalue weighted by Gasteiger charge is -2.14. The first-order valence-corrected chi connectivity index (χ1v) is 8.49. The lowest BCUT2D eigenvalue weighted by Crippen LogP contribution is -2.29. The van der Waals surface area contributed by atoms with E-state index in [2.05, 4.69) is 10.4 Å². The van der Waals surface area contributed by atoms with E-state index in [0.29, 0.717) is 24.3 Å². The van der Waals surface area contributed by atoms with Crippen LogP contribution < -0.4 is 5.32 Å². The standard InChI is InChI=1S/C18H20F3N3O2/c1-12-5-2-3-7-15(12)24-16(18(19,20)21)14(11-23-24)17(25)22-9-8-13-6-4-10-26-13/h2-3,5,7,11,13H,4,6,8-10H2,1H3,(H,22,25). The molecule has 0 radical (unpaired) electrons. The average molecular weight is 367 g/mol. The van der Waals surface area contributed by atoms with Crippen LogP contribution in [0.3, 0.4) is 0 Å². The number of para-hydroxylation sites is 1. The molecule has 8 heteroatoms. The van der Waals surface area contributed by atoms with Crippen LogP contribution in [0.4, 0.5) is 13.2 Å². The van der Waals surface area contributed by atoms with Gasteiger partial charge in [-0.2, -0.15) is 18.3 Å². The summed E-state index contributed by atoms with van der Waals surface area (Å²) in [6, 6.07) is 6.59. The van der Waals surface area contributed by atoms with E-state index >= 15 is 0 Å². The Morgan fingerprint density at radius 3 is 2.81 bits per heavy atom. The van der Waals surface area contributed by atoms with Crippen molar-refractivity contribution < 1.29 is 22.7 Å². The number of nitrogens with one attached hydrogen (secondary N) is 1. The highest BCUT2D eigenvalue weighted by molar-refractivity contribution is 5.95. The molecule has 0 aliphatic carbocycles. The predicted molar refractivity (Wildman–Crippen MR) is 89.2 cm³/mol. The van der Waals surface area contributed by atoms with Crippen LogP contribution >= 0.6 is 0 Å². The molecule has 1 aromatic heterocycles. The Kier molecular flexibility index (Phi) is 5.31. The minimum Gasteiger partial charge on any atom is -0.378 e. The maximum atomic E-state index is 13.6. The summed E-state index contributed by atoms with van der Waals surface area (Å²) < 4.78 is 47.1. The third kappa shape index (κ3) is 3.90. The average Bonchev–Trinajstić information content (AvgIpc) is 3.24. The fraction of sp³-hybridized carbons (Fsp3) is 0.444. The minimum atomic E-state index is -4.71. The van der Waals surface area contributed by atoms with E-state index in [-0.39, 0.29) is 12.6 Å². The molecule has 2 aromatic rings. The Morgan fingerprint density at radius 1 is 1.38 bits per heavy atom. The van der Waals surface area contributed by atoms with Gasteiger partial charge in [0, 0.05) is 13.2 Å². The number of alkyl halides is 3. The van der Waals surface area contributed by atoms with E-state index in [1.165, 1.54) is 6.07 Å². The molecule has 2 heterocycles. The number of aryl methyl sites for hydroxylation is 1. The fourth-order valence-electron chi connectivity index (χ4n) is 3.09. The Bertz CT molecular complexity index is 780. The van der Waals surface area contributed by atoms with E-state index in [1.807, 2.05) is 0 Å². The summed E-state index contributed by atoms with van der Waals surface area (Å²) in [4.78, 5) is 12.3. The fourth-order valence-corrected chi connectivity index (χ4v) is 3.09. The molecular formula is C18H20F3N3O2. The Morgan fingerprint density at radius 2 is 2.15 bits per heavy atom. The molecule has 1 aliphatic rings. The Hall–Kier alpha value is -2.35. The van der Waals surface area contributed by atoms with E-state index < -0.39 is 23.3 Å². The summed E-state index contributed by atoms with van der Waals surface area (Å²) in [5.41, 5.74) is -0.626. The zero-order valence-corrected chi connectivity index (χ0v) is 14.3. The summed E-state index contributed by atoms with van der Waals surface area (Å²) in [6.45, 7) is 2.65. The molecule has 0 spiro atoms. The normalized spacial score (nSPS) is 17.5. The van der Waals surface area contributed by atoms with Crippen LogP contribution in [0.2, 0.25) is 0 Å². The molecule has 1 unspecified atom stereocenters. The van der Waals surface area contributed by atoms with Crippen LogP contribution in [-0.2, 0) is 10.9 Å². The monoisotopic (exact) mass is 367 g/mol. The van der Waals surface area contributed by atoms with Gasteiger partial charge in [0.15, 0.2) is 5.69 Å². The van der Waals surface area contributed by atoms with Crippen molar-refractivity contribution in [1.29, 1.82) is 0 Å². The third-order valence-corrected chi connectivity index (χ3v) is 4.40. The van der Waals surface area contributed by atoms with E-state index in [1.54, 1.807) is 25.1 Å². The summed E-state index contributed by atoms with van der Waals surface area (Å²) in [5.74, 6) is -0.782. The number of hydrogen-bond acceptors (Lipinski definition) is 3. The van der Waals surface area contributed by atoms with Gasteiger partial charge < -0.3 is 10.1 Å². The number of ether oxygens (including phenoxy) is 1. The van der Waals surface area contributed by atoms with Crippen LogP contribution in [0, 0.1) is 6.92 Å². The topological polar surface area (TPSA) is 56.2 Å². The van der Waals surface area contributed by atoms with Gasteiger partial charge in [-0.05, 0) is 37.8 Å². The smallest absolute Gasteiger partial charge is 0.378 e. The van der Waals surface area contributed by atoms with Gasteiger partial charge in [-0.15, -0.1) is 0 Å². The van der Waals surface area contributed by atoms with Gasteiger partial charge in [0.25, 0.3) is 5.91 Å². The molecule has 1 fully saturated rings. The van der Waals surface area contributed by atoms with Gasteiger partial charge in [-0.3, -0.25) is 4.79 Å². The SMILES string of the molecule is Cc1ccccc1-n1ncc(C(=O)NCCC2CCCO2)c1C(F)(F)F. The van der Waals surface area contributed by atoms with Crippen LogP contribution in [0.15, 0.2) is 30.5 Å². The second-order valence-electron chi connectivity index (χ2n) is 6.28. The largest absolute Gasteiger partial charge is 0.434 e. The van der Waals surface area contributed by atoms with Gasteiger partial charge in [0.2, 0.25) is 0 Å². The van der Waals surface area contributed by atoms with Crippen molar-refractivity contribution in [3.63, 3.8) is 0 Å². The lowest BCUT2D eigenvalue weighted by molar-refractivity contribution is -0.143. The molecule has 26 heavy (non-hydrogen) atoms. The molecule has 1 N–H and O–H groups in total. The van der Waals surface area contributed by atoms with Gasteiger partial charge in [0.05, 0.1) is 23.6 Å².